The Morgan fingerprint density at radius 1 is 1.10 bits per heavy atom. The maximum Gasteiger partial charge on any atom is 0.234 e. The topological polar surface area (TPSA) is 44.4 Å². The Labute approximate surface area is 186 Å². The molecule has 1 heterocycles. The summed E-state index contributed by atoms with van der Waals surface area (Å²) in [7, 11) is 0. The van der Waals surface area contributed by atoms with Gasteiger partial charge in [-0.15, -0.1) is 0 Å². The molecule has 2 rings (SSSR count). The van der Waals surface area contributed by atoms with Crippen molar-refractivity contribution in [3.8, 4) is 0 Å². The van der Waals surface area contributed by atoms with E-state index in [1.807, 2.05) is 32.9 Å². The van der Waals surface area contributed by atoms with Gasteiger partial charge in [0.2, 0.25) is 5.91 Å². The SMILES string of the molecule is CCC1(CCCCNc2cc(Cl)cc(Cl)c2)CCN(CC(=O)NC(C)(C)C)CC1. The molecule has 0 spiro atoms. The van der Waals surface area contributed by atoms with Crippen LogP contribution in [0.4, 0.5) is 5.69 Å². The van der Waals surface area contributed by atoms with E-state index >= 15 is 0 Å². The number of amides is 1. The number of carbonyl (C=O) groups excluding carboxylic acids is 1. The highest BCUT2D eigenvalue weighted by Crippen LogP contribution is 2.39. The van der Waals surface area contributed by atoms with Gasteiger partial charge in [0.25, 0.3) is 0 Å². The highest BCUT2D eigenvalue weighted by atomic mass is 35.5. The number of piperidine rings is 1. The summed E-state index contributed by atoms with van der Waals surface area (Å²) in [5.74, 6) is 0.133. The minimum absolute atomic E-state index is 0.133. The lowest BCUT2D eigenvalue weighted by Crippen LogP contribution is -2.48. The number of rotatable bonds is 9. The van der Waals surface area contributed by atoms with E-state index in [1.54, 1.807) is 6.07 Å². The van der Waals surface area contributed by atoms with Crippen molar-refractivity contribution in [2.45, 2.75) is 71.8 Å². The minimum atomic E-state index is -0.162. The Balaban J connectivity index is 1.69. The first kappa shape index (κ1) is 24.3. The van der Waals surface area contributed by atoms with Crippen molar-refractivity contribution in [3.05, 3.63) is 28.2 Å². The number of nitrogens with zero attached hydrogens (tertiary/aromatic N) is 1. The molecule has 1 aliphatic heterocycles. The summed E-state index contributed by atoms with van der Waals surface area (Å²) in [6.45, 7) is 11.9. The van der Waals surface area contributed by atoms with E-state index in [4.69, 9.17) is 23.2 Å². The lowest BCUT2D eigenvalue weighted by atomic mass is 9.72. The Morgan fingerprint density at radius 2 is 1.72 bits per heavy atom. The summed E-state index contributed by atoms with van der Waals surface area (Å²) in [6.07, 6.45) is 7.17. The molecule has 1 amide bonds. The van der Waals surface area contributed by atoms with E-state index in [2.05, 4.69) is 22.5 Å². The van der Waals surface area contributed by atoms with Gasteiger partial charge in [-0.05, 0) is 83.2 Å². The average molecular weight is 442 g/mol. The van der Waals surface area contributed by atoms with Crippen LogP contribution in [0.3, 0.4) is 0 Å². The fourth-order valence-corrected chi connectivity index (χ4v) is 4.67. The normalized spacial score (nSPS) is 17.2. The Kier molecular flexibility index (Phi) is 9.12. The van der Waals surface area contributed by atoms with Crippen molar-refractivity contribution in [2.75, 3.05) is 31.5 Å². The van der Waals surface area contributed by atoms with E-state index in [9.17, 15) is 4.79 Å². The number of anilines is 1. The van der Waals surface area contributed by atoms with E-state index < -0.39 is 0 Å². The summed E-state index contributed by atoms with van der Waals surface area (Å²) in [5.41, 5.74) is 1.25. The molecule has 0 saturated carbocycles. The maximum atomic E-state index is 12.2. The van der Waals surface area contributed by atoms with Gasteiger partial charge in [0.05, 0.1) is 6.54 Å². The summed E-state index contributed by atoms with van der Waals surface area (Å²) in [4.78, 5) is 14.5. The minimum Gasteiger partial charge on any atom is -0.385 e. The van der Waals surface area contributed by atoms with Gasteiger partial charge in [-0.3, -0.25) is 9.69 Å². The number of hydrogen-bond acceptors (Lipinski definition) is 3. The lowest BCUT2D eigenvalue weighted by Gasteiger charge is -2.41. The molecular formula is C23H37Cl2N3O. The first-order valence-electron chi connectivity index (χ1n) is 10.8. The maximum absolute atomic E-state index is 12.2. The van der Waals surface area contributed by atoms with Gasteiger partial charge in [0.15, 0.2) is 0 Å². The predicted molar refractivity (Wildman–Crippen MR) is 125 cm³/mol. The first-order valence-corrected chi connectivity index (χ1v) is 11.6. The van der Waals surface area contributed by atoms with Crippen LogP contribution in [-0.2, 0) is 4.79 Å². The van der Waals surface area contributed by atoms with Crippen molar-refractivity contribution in [1.29, 1.82) is 0 Å². The number of likely N-dealkylation sites (tertiary alicyclic amines) is 1. The van der Waals surface area contributed by atoms with E-state index in [0.717, 1.165) is 31.7 Å². The van der Waals surface area contributed by atoms with Crippen LogP contribution in [0.2, 0.25) is 10.0 Å². The van der Waals surface area contributed by atoms with Gasteiger partial charge in [-0.1, -0.05) is 43.0 Å². The van der Waals surface area contributed by atoms with Gasteiger partial charge in [-0.2, -0.15) is 0 Å². The van der Waals surface area contributed by atoms with Crippen LogP contribution in [0.25, 0.3) is 0 Å². The molecule has 0 aromatic heterocycles. The Bertz CT molecular complexity index is 644. The zero-order chi connectivity index (χ0) is 21.5. The number of halogens is 2. The second-order valence-corrected chi connectivity index (χ2v) is 10.3. The highest BCUT2D eigenvalue weighted by Gasteiger charge is 2.33. The van der Waals surface area contributed by atoms with Crippen molar-refractivity contribution in [1.82, 2.24) is 10.2 Å². The third-order valence-electron chi connectivity index (χ3n) is 5.87. The van der Waals surface area contributed by atoms with E-state index in [0.29, 0.717) is 22.0 Å². The van der Waals surface area contributed by atoms with Crippen molar-refractivity contribution >= 4 is 34.8 Å². The third-order valence-corrected chi connectivity index (χ3v) is 6.31. The summed E-state index contributed by atoms with van der Waals surface area (Å²) < 4.78 is 0. The van der Waals surface area contributed by atoms with Gasteiger partial charge in [0, 0.05) is 27.8 Å². The van der Waals surface area contributed by atoms with Crippen molar-refractivity contribution < 1.29 is 4.79 Å². The van der Waals surface area contributed by atoms with Crippen LogP contribution in [0.15, 0.2) is 18.2 Å². The highest BCUT2D eigenvalue weighted by molar-refractivity contribution is 6.35. The molecule has 1 aromatic rings. The van der Waals surface area contributed by atoms with Gasteiger partial charge >= 0.3 is 0 Å². The average Bonchev–Trinajstić information content (AvgIpc) is 2.60. The van der Waals surface area contributed by atoms with E-state index in [-0.39, 0.29) is 11.4 Å². The zero-order valence-corrected chi connectivity index (χ0v) is 19.9. The second kappa shape index (κ2) is 10.9. The molecular weight excluding hydrogens is 405 g/mol. The first-order chi connectivity index (χ1) is 13.6. The monoisotopic (exact) mass is 441 g/mol. The molecule has 1 aliphatic rings. The summed E-state index contributed by atoms with van der Waals surface area (Å²) in [6, 6.07) is 5.57. The van der Waals surface area contributed by atoms with Crippen LogP contribution >= 0.6 is 23.2 Å². The number of nitrogens with one attached hydrogen (secondary N) is 2. The number of unbranched alkanes of at least 4 members (excludes halogenated alkanes) is 1. The molecule has 0 atom stereocenters. The molecule has 4 nitrogen and oxygen atoms in total. The molecule has 164 valence electrons. The molecule has 1 aromatic carbocycles. The van der Waals surface area contributed by atoms with Crippen molar-refractivity contribution in [2.24, 2.45) is 5.41 Å². The van der Waals surface area contributed by atoms with Crippen LogP contribution < -0.4 is 10.6 Å². The molecule has 29 heavy (non-hydrogen) atoms. The smallest absolute Gasteiger partial charge is 0.234 e. The fourth-order valence-electron chi connectivity index (χ4n) is 4.14. The van der Waals surface area contributed by atoms with E-state index in [1.165, 1.54) is 32.1 Å². The third kappa shape index (κ3) is 8.74. The molecule has 0 aliphatic carbocycles. The molecule has 0 unspecified atom stereocenters. The zero-order valence-electron chi connectivity index (χ0n) is 18.4. The predicted octanol–water partition coefficient (Wildman–Crippen LogP) is 5.98. The number of carbonyl (C=O) groups is 1. The molecule has 6 heteroatoms. The Morgan fingerprint density at radius 3 is 2.28 bits per heavy atom. The van der Waals surface area contributed by atoms with Crippen LogP contribution in [0, 0.1) is 5.41 Å². The number of benzene rings is 1. The lowest BCUT2D eigenvalue weighted by molar-refractivity contribution is -0.124. The van der Waals surface area contributed by atoms with Gasteiger partial charge < -0.3 is 10.6 Å². The summed E-state index contributed by atoms with van der Waals surface area (Å²) in [5, 5.41) is 7.81. The van der Waals surface area contributed by atoms with Gasteiger partial charge in [-0.25, -0.2) is 0 Å². The molecule has 1 fully saturated rings. The van der Waals surface area contributed by atoms with Gasteiger partial charge in [0.1, 0.15) is 0 Å². The Hall–Kier alpha value is -0.970. The fraction of sp³-hybridized carbons (Fsp3) is 0.696. The second-order valence-electron chi connectivity index (χ2n) is 9.47. The van der Waals surface area contributed by atoms with Crippen LogP contribution in [0.1, 0.15) is 66.2 Å². The quantitative estimate of drug-likeness (QED) is 0.462. The summed E-state index contributed by atoms with van der Waals surface area (Å²) >= 11 is 12.1. The standard InChI is InChI=1S/C23H37Cl2N3O/c1-5-23(8-6-7-11-26-20-15-18(24)14-19(25)16-20)9-12-28(13-10-23)17-21(29)27-22(2,3)4/h14-16,26H,5-13,17H2,1-4H3,(H,27,29). The van der Waals surface area contributed by atoms with Crippen LogP contribution in [-0.4, -0.2) is 42.5 Å². The number of hydrogen-bond donors (Lipinski definition) is 2. The van der Waals surface area contributed by atoms with Crippen molar-refractivity contribution in [3.63, 3.8) is 0 Å². The van der Waals surface area contributed by atoms with Crippen LogP contribution in [0.5, 0.6) is 0 Å². The largest absolute Gasteiger partial charge is 0.385 e. The molecule has 1 saturated heterocycles. The molecule has 2 N–H and O–H groups in total. The molecule has 0 bridgehead atoms. The molecule has 0 radical (unpaired) electrons.